The average Bonchev–Trinajstić information content (AvgIpc) is 3.38. The van der Waals surface area contributed by atoms with Crippen LogP contribution in [0.25, 0.3) is 15.5 Å². The van der Waals surface area contributed by atoms with Gasteiger partial charge in [0, 0.05) is 17.7 Å². The van der Waals surface area contributed by atoms with Crippen molar-refractivity contribution in [2.24, 2.45) is 0 Å². The van der Waals surface area contributed by atoms with Crippen LogP contribution in [0.5, 0.6) is 5.75 Å². The Morgan fingerprint density at radius 3 is 2.71 bits per heavy atom. The van der Waals surface area contributed by atoms with Crippen molar-refractivity contribution < 1.29 is 9.53 Å². The summed E-state index contributed by atoms with van der Waals surface area (Å²) in [6.07, 6.45) is 1.85. The van der Waals surface area contributed by atoms with E-state index in [-0.39, 0.29) is 12.5 Å². The third kappa shape index (κ3) is 4.74. The lowest BCUT2D eigenvalue weighted by atomic mass is 9.99. The van der Waals surface area contributed by atoms with Gasteiger partial charge >= 0.3 is 0 Å². The van der Waals surface area contributed by atoms with Gasteiger partial charge in [-0.1, -0.05) is 56.4 Å². The number of aryl methyl sites for hydroxylation is 1. The molecule has 0 saturated carbocycles. The Labute approximate surface area is 185 Å². The average molecular weight is 436 g/mol. The Bertz CT molecular complexity index is 1180. The quantitative estimate of drug-likeness (QED) is 0.424. The Balaban J connectivity index is 1.39. The number of anilines is 1. The molecule has 0 aliphatic rings. The van der Waals surface area contributed by atoms with E-state index < -0.39 is 0 Å². The molecule has 1 atom stereocenters. The Hall–Kier alpha value is -3.26. The molecule has 160 valence electrons. The van der Waals surface area contributed by atoms with Crippen LogP contribution in [-0.4, -0.2) is 32.3 Å². The Morgan fingerprint density at radius 2 is 1.97 bits per heavy atom. The maximum absolute atomic E-state index is 12.4. The monoisotopic (exact) mass is 435 g/mol. The third-order valence-electron chi connectivity index (χ3n) is 5.20. The van der Waals surface area contributed by atoms with Crippen molar-refractivity contribution in [1.29, 1.82) is 0 Å². The molecule has 0 saturated heterocycles. The fourth-order valence-corrected chi connectivity index (χ4v) is 4.05. The summed E-state index contributed by atoms with van der Waals surface area (Å²) in [5.74, 6) is 1.81. The number of fused-ring (bicyclic) bond motifs is 1. The van der Waals surface area contributed by atoms with Gasteiger partial charge in [-0.05, 0) is 42.2 Å². The fourth-order valence-electron chi connectivity index (χ4n) is 3.20. The molecule has 0 fully saturated rings. The van der Waals surface area contributed by atoms with Crippen LogP contribution in [0, 0.1) is 0 Å². The zero-order chi connectivity index (χ0) is 21.8. The number of aromatic nitrogens is 4. The van der Waals surface area contributed by atoms with Gasteiger partial charge in [-0.2, -0.15) is 9.61 Å². The number of hydrogen-bond donors (Lipinski definition) is 1. The van der Waals surface area contributed by atoms with Crippen LogP contribution in [0.1, 0.15) is 44.5 Å². The van der Waals surface area contributed by atoms with Crippen LogP contribution >= 0.6 is 11.3 Å². The second-order valence-corrected chi connectivity index (χ2v) is 8.32. The number of nitrogens with one attached hydrogen (secondary N) is 1. The standard InChI is InChI=1S/C23H25N5O2S/c1-4-15(3)16-9-11-19(12-10-16)30-14-21(29)24-18-8-6-7-17(13-18)22-27-28-20(5-2)25-26-23(28)31-22/h6-13,15H,4-5,14H2,1-3H3,(H,24,29)/t15-/m1/s1. The molecular weight excluding hydrogens is 410 g/mol. The first-order chi connectivity index (χ1) is 15.1. The molecule has 0 bridgehead atoms. The number of carbonyl (C=O) groups excluding carboxylic acids is 1. The van der Waals surface area contributed by atoms with Crippen molar-refractivity contribution in [1.82, 2.24) is 19.8 Å². The number of rotatable bonds is 8. The first-order valence-electron chi connectivity index (χ1n) is 10.4. The minimum Gasteiger partial charge on any atom is -0.484 e. The first-order valence-corrected chi connectivity index (χ1v) is 11.2. The number of benzene rings is 2. The molecule has 0 spiro atoms. The molecule has 0 aliphatic heterocycles. The molecular formula is C23H25N5O2S. The van der Waals surface area contributed by atoms with Crippen molar-refractivity contribution >= 4 is 27.9 Å². The molecule has 0 aliphatic carbocycles. The molecule has 4 rings (SSSR count). The van der Waals surface area contributed by atoms with Crippen molar-refractivity contribution in [2.75, 3.05) is 11.9 Å². The fraction of sp³-hybridized carbons (Fsp3) is 0.304. The molecule has 2 aromatic heterocycles. The minimum absolute atomic E-state index is 0.0521. The topological polar surface area (TPSA) is 81.4 Å². The molecule has 0 unspecified atom stereocenters. The molecule has 7 nitrogen and oxygen atoms in total. The largest absolute Gasteiger partial charge is 0.484 e. The number of hydrogen-bond acceptors (Lipinski definition) is 6. The van der Waals surface area contributed by atoms with E-state index >= 15 is 0 Å². The predicted molar refractivity (Wildman–Crippen MR) is 123 cm³/mol. The van der Waals surface area contributed by atoms with E-state index in [2.05, 4.69) is 46.6 Å². The zero-order valence-corrected chi connectivity index (χ0v) is 18.6. The highest BCUT2D eigenvalue weighted by atomic mass is 32.1. The van der Waals surface area contributed by atoms with Gasteiger partial charge in [0.2, 0.25) is 4.96 Å². The lowest BCUT2D eigenvalue weighted by molar-refractivity contribution is -0.118. The molecule has 31 heavy (non-hydrogen) atoms. The highest BCUT2D eigenvalue weighted by Gasteiger charge is 2.13. The maximum atomic E-state index is 12.4. The lowest BCUT2D eigenvalue weighted by Crippen LogP contribution is -2.20. The van der Waals surface area contributed by atoms with Gasteiger partial charge in [0.1, 0.15) is 10.8 Å². The van der Waals surface area contributed by atoms with Gasteiger partial charge in [-0.25, -0.2) is 0 Å². The summed E-state index contributed by atoms with van der Waals surface area (Å²) in [7, 11) is 0. The van der Waals surface area contributed by atoms with E-state index in [1.807, 2.05) is 43.3 Å². The van der Waals surface area contributed by atoms with Gasteiger partial charge in [0.05, 0.1) is 0 Å². The highest BCUT2D eigenvalue weighted by Crippen LogP contribution is 2.27. The van der Waals surface area contributed by atoms with E-state index in [1.165, 1.54) is 16.9 Å². The van der Waals surface area contributed by atoms with Crippen LogP contribution in [-0.2, 0) is 11.2 Å². The van der Waals surface area contributed by atoms with E-state index in [0.717, 1.165) is 34.2 Å². The van der Waals surface area contributed by atoms with E-state index in [4.69, 9.17) is 4.74 Å². The molecule has 8 heteroatoms. The van der Waals surface area contributed by atoms with Crippen molar-refractivity contribution in [3.8, 4) is 16.3 Å². The van der Waals surface area contributed by atoms with Crippen molar-refractivity contribution in [2.45, 2.75) is 39.5 Å². The number of nitrogens with zero attached hydrogens (tertiary/aromatic N) is 4. The van der Waals surface area contributed by atoms with Gasteiger partial charge in [0.15, 0.2) is 12.4 Å². The molecule has 4 aromatic rings. The van der Waals surface area contributed by atoms with Crippen molar-refractivity contribution in [3.05, 3.63) is 59.9 Å². The Morgan fingerprint density at radius 1 is 1.16 bits per heavy atom. The summed E-state index contributed by atoms with van der Waals surface area (Å²) in [5.41, 5.74) is 2.88. The molecule has 1 amide bonds. The predicted octanol–water partition coefficient (Wildman–Crippen LogP) is 4.95. The van der Waals surface area contributed by atoms with Crippen molar-refractivity contribution in [3.63, 3.8) is 0 Å². The van der Waals surface area contributed by atoms with Crippen LogP contribution in [0.3, 0.4) is 0 Å². The van der Waals surface area contributed by atoms with Crippen LogP contribution < -0.4 is 10.1 Å². The summed E-state index contributed by atoms with van der Waals surface area (Å²) < 4.78 is 7.41. The van der Waals surface area contributed by atoms with Gasteiger partial charge in [-0.15, -0.1) is 10.2 Å². The first kappa shape index (κ1) is 21.0. The lowest BCUT2D eigenvalue weighted by Gasteiger charge is -2.11. The summed E-state index contributed by atoms with van der Waals surface area (Å²) >= 11 is 1.47. The maximum Gasteiger partial charge on any atom is 0.262 e. The summed E-state index contributed by atoms with van der Waals surface area (Å²) in [6.45, 7) is 6.33. The van der Waals surface area contributed by atoms with Crippen LogP contribution in [0.15, 0.2) is 48.5 Å². The van der Waals surface area contributed by atoms with Gasteiger partial charge in [0.25, 0.3) is 5.91 Å². The second-order valence-electron chi connectivity index (χ2n) is 7.37. The molecule has 2 heterocycles. The number of amides is 1. The molecule has 2 aromatic carbocycles. The van der Waals surface area contributed by atoms with E-state index in [1.54, 1.807) is 4.52 Å². The second kappa shape index (κ2) is 9.26. The molecule has 1 N–H and O–H groups in total. The smallest absolute Gasteiger partial charge is 0.262 e. The summed E-state index contributed by atoms with van der Waals surface area (Å²) in [6, 6.07) is 15.5. The minimum atomic E-state index is -0.213. The SMILES string of the molecule is CCc1nnc2sc(-c3cccc(NC(=O)COc4ccc([C@H](C)CC)cc4)c3)nn12. The molecule has 0 radical (unpaired) electrons. The zero-order valence-electron chi connectivity index (χ0n) is 17.8. The van der Waals surface area contributed by atoms with Crippen LogP contribution in [0.4, 0.5) is 5.69 Å². The number of ether oxygens (including phenoxy) is 1. The highest BCUT2D eigenvalue weighted by molar-refractivity contribution is 7.19. The van der Waals surface area contributed by atoms with Gasteiger partial charge < -0.3 is 10.1 Å². The van der Waals surface area contributed by atoms with Crippen LogP contribution in [0.2, 0.25) is 0 Å². The van der Waals surface area contributed by atoms with E-state index in [9.17, 15) is 4.79 Å². The normalized spacial score (nSPS) is 12.1. The van der Waals surface area contributed by atoms with E-state index in [0.29, 0.717) is 17.4 Å². The third-order valence-corrected chi connectivity index (χ3v) is 6.14. The Kier molecular flexibility index (Phi) is 6.27. The summed E-state index contributed by atoms with van der Waals surface area (Å²) in [4.78, 5) is 13.1. The summed E-state index contributed by atoms with van der Waals surface area (Å²) in [5, 5.41) is 16.6. The van der Waals surface area contributed by atoms with Gasteiger partial charge in [-0.3, -0.25) is 4.79 Å². The number of carbonyl (C=O) groups is 1.